The van der Waals surface area contributed by atoms with E-state index in [0.717, 1.165) is 30.2 Å². The molecule has 2 aromatic rings. The lowest BCUT2D eigenvalue weighted by atomic mass is 10.1. The maximum Gasteiger partial charge on any atom is 0.259 e. The number of thioether (sulfide) groups is 1. The standard InChI is InChI=1S/C22H26N2O3S/c1-16(2)27-20-6-4-3-5-19(20)22(26)23-18-9-7-17(8-10-18)15-21(25)24-11-13-28-14-12-24/h3-10,16H,11-15H2,1-2H3,(H,23,26). The van der Waals surface area contributed by atoms with Gasteiger partial charge in [0.2, 0.25) is 5.91 Å². The van der Waals surface area contributed by atoms with Crippen LogP contribution in [0.3, 0.4) is 0 Å². The summed E-state index contributed by atoms with van der Waals surface area (Å²) in [5, 5.41) is 2.90. The molecule has 6 heteroatoms. The first kappa shape index (κ1) is 20.3. The van der Waals surface area contributed by atoms with Crippen molar-refractivity contribution >= 4 is 29.3 Å². The molecule has 148 valence electrons. The minimum absolute atomic E-state index is 0.00994. The average Bonchev–Trinajstić information content (AvgIpc) is 2.70. The predicted molar refractivity (Wildman–Crippen MR) is 114 cm³/mol. The van der Waals surface area contributed by atoms with Crippen molar-refractivity contribution in [2.45, 2.75) is 26.4 Å². The molecule has 0 unspecified atom stereocenters. The highest BCUT2D eigenvalue weighted by atomic mass is 32.2. The molecule has 28 heavy (non-hydrogen) atoms. The number of amides is 2. The third kappa shape index (κ3) is 5.52. The zero-order valence-electron chi connectivity index (χ0n) is 16.3. The summed E-state index contributed by atoms with van der Waals surface area (Å²) >= 11 is 1.89. The number of nitrogens with zero attached hydrogens (tertiary/aromatic N) is 1. The van der Waals surface area contributed by atoms with E-state index >= 15 is 0 Å². The van der Waals surface area contributed by atoms with Crippen LogP contribution in [0.1, 0.15) is 29.8 Å². The molecule has 1 aliphatic heterocycles. The Morgan fingerprint density at radius 2 is 1.75 bits per heavy atom. The summed E-state index contributed by atoms with van der Waals surface area (Å²) in [7, 11) is 0. The Bertz CT molecular complexity index is 815. The number of benzene rings is 2. The Balaban J connectivity index is 1.61. The van der Waals surface area contributed by atoms with E-state index in [-0.39, 0.29) is 17.9 Å². The number of hydrogen-bond acceptors (Lipinski definition) is 4. The zero-order valence-corrected chi connectivity index (χ0v) is 17.1. The molecule has 0 radical (unpaired) electrons. The summed E-state index contributed by atoms with van der Waals surface area (Å²) in [5.41, 5.74) is 2.14. The SMILES string of the molecule is CC(C)Oc1ccccc1C(=O)Nc1ccc(CC(=O)N2CCSCC2)cc1. The van der Waals surface area contributed by atoms with E-state index in [2.05, 4.69) is 5.32 Å². The van der Waals surface area contributed by atoms with Gasteiger partial charge in [0.25, 0.3) is 5.91 Å². The van der Waals surface area contributed by atoms with E-state index in [0.29, 0.717) is 23.4 Å². The van der Waals surface area contributed by atoms with Crippen LogP contribution in [0.2, 0.25) is 0 Å². The van der Waals surface area contributed by atoms with Crippen molar-refractivity contribution in [1.82, 2.24) is 4.90 Å². The second-order valence-corrected chi connectivity index (χ2v) is 8.21. The normalized spacial score (nSPS) is 14.0. The molecule has 0 spiro atoms. The molecule has 2 aromatic carbocycles. The lowest BCUT2D eigenvalue weighted by Crippen LogP contribution is -2.38. The van der Waals surface area contributed by atoms with Crippen LogP contribution < -0.4 is 10.1 Å². The van der Waals surface area contributed by atoms with E-state index in [9.17, 15) is 9.59 Å². The molecule has 0 aromatic heterocycles. The van der Waals surface area contributed by atoms with E-state index in [1.807, 2.05) is 66.9 Å². The zero-order chi connectivity index (χ0) is 19.9. The highest BCUT2D eigenvalue weighted by molar-refractivity contribution is 7.99. The van der Waals surface area contributed by atoms with Gasteiger partial charge in [-0.2, -0.15) is 11.8 Å². The quantitative estimate of drug-likeness (QED) is 0.803. The predicted octanol–water partition coefficient (Wildman–Crippen LogP) is 3.84. The molecular weight excluding hydrogens is 372 g/mol. The van der Waals surface area contributed by atoms with Crippen molar-refractivity contribution in [1.29, 1.82) is 0 Å². The fourth-order valence-electron chi connectivity index (χ4n) is 3.01. The van der Waals surface area contributed by atoms with Crippen LogP contribution in [0.25, 0.3) is 0 Å². The smallest absolute Gasteiger partial charge is 0.259 e. The van der Waals surface area contributed by atoms with Gasteiger partial charge in [0.15, 0.2) is 0 Å². The van der Waals surface area contributed by atoms with E-state index in [4.69, 9.17) is 4.74 Å². The monoisotopic (exact) mass is 398 g/mol. The summed E-state index contributed by atoms with van der Waals surface area (Å²) in [4.78, 5) is 26.9. The molecule has 0 aliphatic carbocycles. The number of hydrogen-bond donors (Lipinski definition) is 1. The van der Waals surface area contributed by atoms with Crippen molar-refractivity contribution < 1.29 is 14.3 Å². The number of rotatable bonds is 6. The number of nitrogens with one attached hydrogen (secondary N) is 1. The second-order valence-electron chi connectivity index (χ2n) is 6.98. The minimum Gasteiger partial charge on any atom is -0.490 e. The van der Waals surface area contributed by atoms with E-state index in [1.54, 1.807) is 12.1 Å². The third-order valence-electron chi connectivity index (χ3n) is 4.43. The molecule has 0 bridgehead atoms. The highest BCUT2D eigenvalue weighted by Crippen LogP contribution is 2.21. The van der Waals surface area contributed by atoms with E-state index < -0.39 is 0 Å². The fourth-order valence-corrected chi connectivity index (χ4v) is 3.92. The van der Waals surface area contributed by atoms with Gasteiger partial charge in [-0.3, -0.25) is 9.59 Å². The van der Waals surface area contributed by atoms with Crippen LogP contribution in [0.5, 0.6) is 5.75 Å². The van der Waals surface area contributed by atoms with Gasteiger partial charge >= 0.3 is 0 Å². The molecule has 1 aliphatic rings. The van der Waals surface area contributed by atoms with Gasteiger partial charge in [0, 0.05) is 30.3 Å². The van der Waals surface area contributed by atoms with Crippen LogP contribution in [0, 0.1) is 0 Å². The van der Waals surface area contributed by atoms with Gasteiger partial charge in [-0.15, -0.1) is 0 Å². The number of para-hydroxylation sites is 1. The Labute approximate surface area is 170 Å². The summed E-state index contributed by atoms with van der Waals surface area (Å²) in [5.74, 6) is 2.54. The molecule has 0 atom stereocenters. The lowest BCUT2D eigenvalue weighted by Gasteiger charge is -2.26. The van der Waals surface area contributed by atoms with Crippen LogP contribution in [0.4, 0.5) is 5.69 Å². The first-order valence-electron chi connectivity index (χ1n) is 9.54. The summed E-state index contributed by atoms with van der Waals surface area (Å²) in [6.07, 6.45) is 0.383. The molecular formula is C22H26N2O3S. The van der Waals surface area contributed by atoms with Gasteiger partial charge in [-0.05, 0) is 43.7 Å². The summed E-state index contributed by atoms with van der Waals surface area (Å²) in [6.45, 7) is 5.51. The molecule has 1 fully saturated rings. The van der Waals surface area contributed by atoms with Crippen LogP contribution >= 0.6 is 11.8 Å². The Morgan fingerprint density at radius 1 is 1.07 bits per heavy atom. The van der Waals surface area contributed by atoms with Crippen molar-refractivity contribution in [3.05, 3.63) is 59.7 Å². The molecule has 5 nitrogen and oxygen atoms in total. The van der Waals surface area contributed by atoms with Gasteiger partial charge < -0.3 is 15.0 Å². The lowest BCUT2D eigenvalue weighted by molar-refractivity contribution is -0.130. The number of carbonyl (C=O) groups is 2. The molecule has 3 rings (SSSR count). The highest BCUT2D eigenvalue weighted by Gasteiger charge is 2.17. The van der Waals surface area contributed by atoms with Gasteiger partial charge in [-0.25, -0.2) is 0 Å². The number of anilines is 1. The average molecular weight is 399 g/mol. The van der Waals surface area contributed by atoms with Crippen molar-refractivity contribution in [3.8, 4) is 5.75 Å². The van der Waals surface area contributed by atoms with Crippen molar-refractivity contribution in [2.75, 3.05) is 29.9 Å². The molecule has 2 amide bonds. The molecule has 1 heterocycles. The van der Waals surface area contributed by atoms with Crippen LogP contribution in [0.15, 0.2) is 48.5 Å². The Morgan fingerprint density at radius 3 is 2.43 bits per heavy atom. The largest absolute Gasteiger partial charge is 0.490 e. The van der Waals surface area contributed by atoms with Crippen LogP contribution in [-0.4, -0.2) is 47.4 Å². The summed E-state index contributed by atoms with van der Waals surface area (Å²) < 4.78 is 5.72. The Hall–Kier alpha value is -2.47. The fraction of sp³-hybridized carbons (Fsp3) is 0.364. The second kappa shape index (κ2) is 9.64. The molecule has 1 saturated heterocycles. The van der Waals surface area contributed by atoms with Crippen LogP contribution in [-0.2, 0) is 11.2 Å². The van der Waals surface area contributed by atoms with Gasteiger partial charge in [0.05, 0.1) is 18.1 Å². The molecule has 1 N–H and O–H groups in total. The minimum atomic E-state index is -0.217. The van der Waals surface area contributed by atoms with E-state index in [1.165, 1.54) is 0 Å². The van der Waals surface area contributed by atoms with Gasteiger partial charge in [-0.1, -0.05) is 24.3 Å². The van der Waals surface area contributed by atoms with Crippen molar-refractivity contribution in [2.24, 2.45) is 0 Å². The van der Waals surface area contributed by atoms with Gasteiger partial charge in [0.1, 0.15) is 5.75 Å². The summed E-state index contributed by atoms with van der Waals surface area (Å²) in [6, 6.07) is 14.7. The first-order chi connectivity index (χ1) is 13.5. The Kier molecular flexibility index (Phi) is 6.98. The van der Waals surface area contributed by atoms with Crippen molar-refractivity contribution in [3.63, 3.8) is 0 Å². The number of carbonyl (C=O) groups excluding carboxylic acids is 2. The topological polar surface area (TPSA) is 58.6 Å². The maximum absolute atomic E-state index is 12.6. The molecule has 0 saturated carbocycles. The third-order valence-corrected chi connectivity index (χ3v) is 5.37. The maximum atomic E-state index is 12.6. The number of ether oxygens (including phenoxy) is 1. The first-order valence-corrected chi connectivity index (χ1v) is 10.7.